The maximum absolute atomic E-state index is 5.25. The van der Waals surface area contributed by atoms with E-state index in [1.165, 1.54) is 43.4 Å². The minimum atomic E-state index is 0.650. The van der Waals surface area contributed by atoms with Gasteiger partial charge in [0.05, 0.1) is 22.1 Å². The van der Waals surface area contributed by atoms with E-state index < -0.39 is 0 Å². The number of rotatable bonds is 6. The lowest BCUT2D eigenvalue weighted by Crippen LogP contribution is -2.03. The summed E-state index contributed by atoms with van der Waals surface area (Å²) in [6.45, 7) is 0. The molecule has 5 heteroatoms. The summed E-state index contributed by atoms with van der Waals surface area (Å²) in [4.78, 5) is 15.6. The summed E-state index contributed by atoms with van der Waals surface area (Å²) in [6, 6.07) is 69.8. The van der Waals surface area contributed by atoms with Crippen molar-refractivity contribution in [2.75, 3.05) is 0 Å². The first-order chi connectivity index (χ1) is 31.7. The second-order valence-electron chi connectivity index (χ2n) is 16.7. The predicted molar refractivity (Wildman–Crippen MR) is 266 cm³/mol. The Kier molecular flexibility index (Phi) is 8.28. The van der Waals surface area contributed by atoms with Gasteiger partial charge < -0.3 is 9.13 Å². The van der Waals surface area contributed by atoms with Crippen LogP contribution in [0.5, 0.6) is 0 Å². The van der Waals surface area contributed by atoms with Gasteiger partial charge in [-0.2, -0.15) is 0 Å². The molecule has 300 valence electrons. The van der Waals surface area contributed by atoms with Crippen molar-refractivity contribution in [1.82, 2.24) is 24.1 Å². The minimum absolute atomic E-state index is 0.650. The van der Waals surface area contributed by atoms with Crippen LogP contribution < -0.4 is 0 Å². The zero-order chi connectivity index (χ0) is 42.1. The van der Waals surface area contributed by atoms with Crippen LogP contribution in [-0.2, 0) is 0 Å². The molecule has 3 aromatic heterocycles. The van der Waals surface area contributed by atoms with E-state index in [9.17, 15) is 0 Å². The number of aromatic nitrogens is 5. The topological polar surface area (TPSA) is 48.5 Å². The van der Waals surface area contributed by atoms with Crippen molar-refractivity contribution in [2.45, 2.75) is 12.8 Å². The second kappa shape index (κ2) is 14.6. The molecule has 0 radical (unpaired) electrons. The lowest BCUT2D eigenvalue weighted by molar-refractivity contribution is 1.01. The summed E-state index contributed by atoms with van der Waals surface area (Å²) in [7, 11) is 0. The summed E-state index contributed by atoms with van der Waals surface area (Å²) < 4.78 is 4.78. The number of para-hydroxylation sites is 2. The van der Waals surface area contributed by atoms with Crippen LogP contribution in [0.4, 0.5) is 0 Å². The molecule has 9 aromatic carbocycles. The molecule has 64 heavy (non-hydrogen) atoms. The highest BCUT2D eigenvalue weighted by molar-refractivity contribution is 6.21. The molecule has 1 aliphatic carbocycles. The number of hydrogen-bond donors (Lipinski definition) is 0. The van der Waals surface area contributed by atoms with Crippen LogP contribution in [0, 0.1) is 0 Å². The Bertz CT molecular complexity index is 3870. The monoisotopic (exact) mass is 817 g/mol. The maximum atomic E-state index is 5.25. The molecule has 0 N–H and O–H groups in total. The first-order valence-electron chi connectivity index (χ1n) is 22.0. The largest absolute Gasteiger partial charge is 0.309 e. The molecular formula is C59H39N5. The van der Waals surface area contributed by atoms with Gasteiger partial charge in [0, 0.05) is 55.0 Å². The zero-order valence-corrected chi connectivity index (χ0v) is 34.9. The van der Waals surface area contributed by atoms with Crippen LogP contribution in [0.3, 0.4) is 0 Å². The molecule has 12 aromatic rings. The standard InChI is InChI=1S/C59H39N5/c1-3-15-41(16-4-1)57-60-58(62-59(61-57)50-23-13-25-53-55(50)49-22-11-12-24-52(49)63(53)45-19-5-2-6-20-45)42-28-26-38(27-29-42)39-30-33-46(34-31-39)64-54-37-44-18-8-7-17-43(44)36-51(54)48-35-32-40-14-9-10-21-47(40)56(48)64/h2-3,5-37H,1,4H2. The summed E-state index contributed by atoms with van der Waals surface area (Å²) in [6.07, 6.45) is 8.56. The van der Waals surface area contributed by atoms with E-state index in [4.69, 9.17) is 15.0 Å². The van der Waals surface area contributed by atoms with Gasteiger partial charge in [-0.05, 0) is 88.7 Å². The summed E-state index contributed by atoms with van der Waals surface area (Å²) in [5, 5.41) is 9.76. The number of allylic oxidation sites excluding steroid dienone is 4. The van der Waals surface area contributed by atoms with Crippen molar-refractivity contribution in [1.29, 1.82) is 0 Å². The van der Waals surface area contributed by atoms with Crippen molar-refractivity contribution in [3.8, 4) is 45.3 Å². The van der Waals surface area contributed by atoms with E-state index in [1.54, 1.807) is 0 Å². The Morgan fingerprint density at radius 1 is 0.375 bits per heavy atom. The third-order valence-electron chi connectivity index (χ3n) is 13.0. The first kappa shape index (κ1) is 36.3. The average molecular weight is 818 g/mol. The number of hydrogen-bond acceptors (Lipinski definition) is 3. The molecular weight excluding hydrogens is 779 g/mol. The van der Waals surface area contributed by atoms with Crippen LogP contribution in [0.1, 0.15) is 18.7 Å². The van der Waals surface area contributed by atoms with Crippen molar-refractivity contribution in [3.63, 3.8) is 0 Å². The van der Waals surface area contributed by atoms with Crippen LogP contribution >= 0.6 is 0 Å². The van der Waals surface area contributed by atoms with Crippen molar-refractivity contribution in [2.24, 2.45) is 0 Å². The molecule has 0 aliphatic heterocycles. The van der Waals surface area contributed by atoms with Crippen LogP contribution in [-0.4, -0.2) is 24.1 Å². The quantitative estimate of drug-likeness (QED) is 0.168. The van der Waals surface area contributed by atoms with Crippen molar-refractivity contribution < 1.29 is 0 Å². The lowest BCUT2D eigenvalue weighted by atomic mass is 10.0. The normalized spacial score (nSPS) is 12.9. The molecule has 0 atom stereocenters. The average Bonchev–Trinajstić information content (AvgIpc) is 3.89. The van der Waals surface area contributed by atoms with Gasteiger partial charge in [0.1, 0.15) is 0 Å². The van der Waals surface area contributed by atoms with Gasteiger partial charge in [-0.1, -0.05) is 164 Å². The smallest absolute Gasteiger partial charge is 0.164 e. The fourth-order valence-corrected chi connectivity index (χ4v) is 9.94. The zero-order valence-electron chi connectivity index (χ0n) is 34.9. The summed E-state index contributed by atoms with van der Waals surface area (Å²) in [5.41, 5.74) is 12.1. The molecule has 3 heterocycles. The van der Waals surface area contributed by atoms with E-state index in [1.807, 2.05) is 0 Å². The molecule has 0 saturated carbocycles. The Morgan fingerprint density at radius 3 is 1.81 bits per heavy atom. The summed E-state index contributed by atoms with van der Waals surface area (Å²) in [5.74, 6) is 1.99. The van der Waals surface area contributed by atoms with Gasteiger partial charge in [0.2, 0.25) is 0 Å². The van der Waals surface area contributed by atoms with Crippen LogP contribution in [0.2, 0.25) is 0 Å². The molecule has 0 fully saturated rings. The van der Waals surface area contributed by atoms with E-state index in [0.717, 1.165) is 73.8 Å². The molecule has 5 nitrogen and oxygen atoms in total. The number of nitrogens with zero attached hydrogens (tertiary/aromatic N) is 5. The third-order valence-corrected chi connectivity index (χ3v) is 13.0. The summed E-state index contributed by atoms with van der Waals surface area (Å²) >= 11 is 0. The van der Waals surface area contributed by atoms with E-state index in [2.05, 4.69) is 221 Å². The van der Waals surface area contributed by atoms with Gasteiger partial charge in [0.25, 0.3) is 0 Å². The first-order valence-corrected chi connectivity index (χ1v) is 22.0. The molecule has 13 rings (SSSR count). The van der Waals surface area contributed by atoms with Crippen molar-refractivity contribution in [3.05, 3.63) is 218 Å². The second-order valence-corrected chi connectivity index (χ2v) is 16.7. The lowest BCUT2D eigenvalue weighted by Gasteiger charge is -2.13. The fourth-order valence-electron chi connectivity index (χ4n) is 9.94. The highest BCUT2D eigenvalue weighted by Crippen LogP contribution is 2.41. The van der Waals surface area contributed by atoms with Gasteiger partial charge in [0.15, 0.2) is 17.5 Å². The van der Waals surface area contributed by atoms with Gasteiger partial charge in [-0.3, -0.25) is 0 Å². The highest BCUT2D eigenvalue weighted by atomic mass is 15.0. The Morgan fingerprint density at radius 2 is 1.02 bits per heavy atom. The maximum Gasteiger partial charge on any atom is 0.164 e. The Balaban J connectivity index is 0.910. The van der Waals surface area contributed by atoms with Crippen LogP contribution in [0.25, 0.3) is 116 Å². The van der Waals surface area contributed by atoms with E-state index in [0.29, 0.717) is 17.5 Å². The highest BCUT2D eigenvalue weighted by Gasteiger charge is 2.21. The van der Waals surface area contributed by atoms with E-state index in [-0.39, 0.29) is 0 Å². The molecule has 0 amide bonds. The molecule has 0 spiro atoms. The van der Waals surface area contributed by atoms with Gasteiger partial charge >= 0.3 is 0 Å². The van der Waals surface area contributed by atoms with Gasteiger partial charge in [-0.25, -0.2) is 15.0 Å². The molecule has 1 aliphatic rings. The third kappa shape index (κ3) is 5.82. The Hall–Kier alpha value is -8.41. The molecule has 0 unspecified atom stereocenters. The fraction of sp³-hybridized carbons (Fsp3) is 0.0339. The van der Waals surface area contributed by atoms with E-state index >= 15 is 0 Å². The number of fused-ring (bicyclic) bond motifs is 9. The number of benzene rings is 9. The van der Waals surface area contributed by atoms with Gasteiger partial charge in [-0.15, -0.1) is 0 Å². The Labute approximate surface area is 369 Å². The molecule has 0 saturated heterocycles. The minimum Gasteiger partial charge on any atom is -0.309 e. The SMILES string of the molecule is C1=CC(c2nc(-c3ccc(-c4ccc(-n5c6cc7ccccc7cc6c6ccc7ccccc7c65)cc4)cc3)nc(-c3cccc4c3c3ccccc3n4-c3ccccc3)n2)=CCC1. The van der Waals surface area contributed by atoms with Crippen molar-refractivity contribution >= 4 is 70.7 Å². The predicted octanol–water partition coefficient (Wildman–Crippen LogP) is 15.1. The molecule has 0 bridgehead atoms. The van der Waals surface area contributed by atoms with Crippen LogP contribution in [0.15, 0.2) is 212 Å².